The van der Waals surface area contributed by atoms with Gasteiger partial charge in [0.05, 0.1) is 19.3 Å². The molecule has 0 amide bonds. The van der Waals surface area contributed by atoms with Crippen molar-refractivity contribution in [2.24, 2.45) is 0 Å². The zero-order valence-electron chi connectivity index (χ0n) is 12.3. The number of morpholine rings is 1. The van der Waals surface area contributed by atoms with Crippen molar-refractivity contribution in [2.75, 3.05) is 19.7 Å². The van der Waals surface area contributed by atoms with Crippen LogP contribution in [0, 0.1) is 0 Å². The highest BCUT2D eigenvalue weighted by atomic mass is 16.5. The SMILES string of the molecule is C[C@@H]1CN(Cc2nc3c(oc4ccccc43)c(=O)[nH]2)CCO1. The van der Waals surface area contributed by atoms with E-state index in [-0.39, 0.29) is 11.7 Å². The number of benzene rings is 1. The lowest BCUT2D eigenvalue weighted by molar-refractivity contribution is -0.0219. The van der Waals surface area contributed by atoms with Crippen molar-refractivity contribution in [3.8, 4) is 0 Å². The van der Waals surface area contributed by atoms with Gasteiger partial charge in [-0.25, -0.2) is 4.98 Å². The Balaban J connectivity index is 1.75. The maximum absolute atomic E-state index is 12.2. The first-order valence-electron chi connectivity index (χ1n) is 7.45. The fourth-order valence-corrected chi connectivity index (χ4v) is 2.97. The van der Waals surface area contributed by atoms with Gasteiger partial charge >= 0.3 is 0 Å². The van der Waals surface area contributed by atoms with Crippen molar-refractivity contribution in [3.63, 3.8) is 0 Å². The molecule has 4 rings (SSSR count). The van der Waals surface area contributed by atoms with Crippen LogP contribution in [0.15, 0.2) is 33.5 Å². The number of ether oxygens (including phenoxy) is 1. The van der Waals surface area contributed by atoms with Crippen LogP contribution in [-0.4, -0.2) is 40.7 Å². The lowest BCUT2D eigenvalue weighted by Gasteiger charge is -2.30. The zero-order valence-corrected chi connectivity index (χ0v) is 12.3. The molecular weight excluding hydrogens is 282 g/mol. The van der Waals surface area contributed by atoms with E-state index in [1.54, 1.807) is 0 Å². The normalized spacial score (nSPS) is 20.0. The molecule has 0 saturated carbocycles. The molecule has 1 aliphatic rings. The largest absolute Gasteiger partial charge is 0.449 e. The van der Waals surface area contributed by atoms with Crippen LogP contribution in [0.2, 0.25) is 0 Å². The Morgan fingerprint density at radius 1 is 1.41 bits per heavy atom. The van der Waals surface area contributed by atoms with E-state index in [0.29, 0.717) is 35.7 Å². The van der Waals surface area contributed by atoms with Crippen LogP contribution in [0.25, 0.3) is 22.1 Å². The van der Waals surface area contributed by atoms with E-state index in [9.17, 15) is 4.79 Å². The van der Waals surface area contributed by atoms with Gasteiger partial charge in [-0.3, -0.25) is 9.69 Å². The fourth-order valence-electron chi connectivity index (χ4n) is 2.97. The van der Waals surface area contributed by atoms with Crippen molar-refractivity contribution in [1.29, 1.82) is 0 Å². The number of para-hydroxylation sites is 1. The van der Waals surface area contributed by atoms with E-state index < -0.39 is 0 Å². The van der Waals surface area contributed by atoms with Gasteiger partial charge in [0.15, 0.2) is 0 Å². The van der Waals surface area contributed by atoms with Gasteiger partial charge in [-0.2, -0.15) is 0 Å². The molecule has 2 aromatic heterocycles. The standard InChI is InChI=1S/C16H17N3O3/c1-10-8-19(6-7-21-10)9-13-17-14-11-4-2-3-5-12(11)22-15(14)16(20)18-13/h2-5,10H,6-9H2,1H3,(H,17,18,20)/t10-/m1/s1. The van der Waals surface area contributed by atoms with Crippen LogP contribution < -0.4 is 5.56 Å². The van der Waals surface area contributed by atoms with Crippen LogP contribution in [0.4, 0.5) is 0 Å². The monoisotopic (exact) mass is 299 g/mol. The van der Waals surface area contributed by atoms with Gasteiger partial charge in [-0.1, -0.05) is 12.1 Å². The summed E-state index contributed by atoms with van der Waals surface area (Å²) in [5.41, 5.74) is 1.39. The first-order chi connectivity index (χ1) is 10.7. The molecule has 0 bridgehead atoms. The molecule has 0 spiro atoms. The fraction of sp³-hybridized carbons (Fsp3) is 0.375. The Labute approximate surface area is 126 Å². The summed E-state index contributed by atoms with van der Waals surface area (Å²) in [4.78, 5) is 21.9. The molecule has 6 heteroatoms. The molecule has 1 saturated heterocycles. The minimum absolute atomic E-state index is 0.207. The van der Waals surface area contributed by atoms with E-state index >= 15 is 0 Å². The number of hydrogen-bond acceptors (Lipinski definition) is 5. The number of aromatic amines is 1. The third-order valence-corrected chi connectivity index (χ3v) is 3.98. The first-order valence-corrected chi connectivity index (χ1v) is 7.45. The topological polar surface area (TPSA) is 71.4 Å². The number of nitrogens with zero attached hydrogens (tertiary/aromatic N) is 2. The molecule has 1 N–H and O–H groups in total. The summed E-state index contributed by atoms with van der Waals surface area (Å²) in [7, 11) is 0. The Morgan fingerprint density at radius 2 is 2.27 bits per heavy atom. The molecule has 22 heavy (non-hydrogen) atoms. The maximum Gasteiger partial charge on any atom is 0.294 e. The average molecular weight is 299 g/mol. The van der Waals surface area contributed by atoms with Gasteiger partial charge in [-0.15, -0.1) is 0 Å². The third kappa shape index (κ3) is 2.30. The summed E-state index contributed by atoms with van der Waals surface area (Å²) in [6.45, 7) is 5.06. The molecule has 1 aliphatic heterocycles. The van der Waals surface area contributed by atoms with Gasteiger partial charge in [0.25, 0.3) is 5.56 Å². The van der Waals surface area contributed by atoms with E-state index in [0.717, 1.165) is 18.5 Å². The molecule has 1 aromatic carbocycles. The molecule has 1 fully saturated rings. The highest BCUT2D eigenvalue weighted by Crippen LogP contribution is 2.24. The number of aromatic nitrogens is 2. The molecule has 0 aliphatic carbocycles. The number of H-pyrrole nitrogens is 1. The van der Waals surface area contributed by atoms with Crippen molar-refractivity contribution in [2.45, 2.75) is 19.6 Å². The molecule has 0 radical (unpaired) electrons. The van der Waals surface area contributed by atoms with Gasteiger partial charge in [0.2, 0.25) is 5.58 Å². The van der Waals surface area contributed by atoms with Crippen molar-refractivity contribution in [3.05, 3.63) is 40.4 Å². The predicted molar refractivity (Wildman–Crippen MR) is 82.8 cm³/mol. The van der Waals surface area contributed by atoms with Gasteiger partial charge in [-0.05, 0) is 19.1 Å². The minimum Gasteiger partial charge on any atom is -0.449 e. The summed E-state index contributed by atoms with van der Waals surface area (Å²) >= 11 is 0. The van der Waals surface area contributed by atoms with Crippen LogP contribution in [0.5, 0.6) is 0 Å². The number of furan rings is 1. The number of hydrogen-bond donors (Lipinski definition) is 1. The summed E-state index contributed by atoms with van der Waals surface area (Å²) in [6, 6.07) is 7.58. The number of fused-ring (bicyclic) bond motifs is 3. The van der Waals surface area contributed by atoms with Crippen molar-refractivity contribution < 1.29 is 9.15 Å². The third-order valence-electron chi connectivity index (χ3n) is 3.98. The second kappa shape index (κ2) is 5.23. The van der Waals surface area contributed by atoms with Crippen LogP contribution in [-0.2, 0) is 11.3 Å². The maximum atomic E-state index is 12.2. The summed E-state index contributed by atoms with van der Waals surface area (Å²) in [6.07, 6.45) is 0.207. The highest BCUT2D eigenvalue weighted by molar-refractivity contribution is 6.01. The van der Waals surface area contributed by atoms with Gasteiger partial charge < -0.3 is 14.1 Å². The summed E-state index contributed by atoms with van der Waals surface area (Å²) in [5, 5.41) is 0.875. The quantitative estimate of drug-likeness (QED) is 0.782. The second-order valence-corrected chi connectivity index (χ2v) is 5.71. The smallest absolute Gasteiger partial charge is 0.294 e. The van der Waals surface area contributed by atoms with Gasteiger partial charge in [0, 0.05) is 18.5 Å². The Bertz CT molecular complexity index is 883. The van der Waals surface area contributed by atoms with Crippen LogP contribution >= 0.6 is 0 Å². The van der Waals surface area contributed by atoms with E-state index in [1.165, 1.54) is 0 Å². The van der Waals surface area contributed by atoms with Gasteiger partial charge in [0.1, 0.15) is 16.9 Å². The summed E-state index contributed by atoms with van der Waals surface area (Å²) in [5.74, 6) is 0.665. The average Bonchev–Trinajstić information content (AvgIpc) is 2.87. The number of nitrogens with one attached hydrogen (secondary N) is 1. The molecule has 1 atom stereocenters. The second-order valence-electron chi connectivity index (χ2n) is 5.71. The van der Waals surface area contributed by atoms with E-state index in [1.807, 2.05) is 24.3 Å². The van der Waals surface area contributed by atoms with Crippen LogP contribution in [0.1, 0.15) is 12.7 Å². The lowest BCUT2D eigenvalue weighted by atomic mass is 10.2. The van der Waals surface area contributed by atoms with Crippen molar-refractivity contribution >= 4 is 22.1 Å². The summed E-state index contributed by atoms with van der Waals surface area (Å²) < 4.78 is 11.1. The highest BCUT2D eigenvalue weighted by Gasteiger charge is 2.19. The predicted octanol–water partition coefficient (Wildman–Crippen LogP) is 1.89. The number of rotatable bonds is 2. The van der Waals surface area contributed by atoms with Crippen LogP contribution in [0.3, 0.4) is 0 Å². The first kappa shape index (κ1) is 13.5. The Kier molecular flexibility index (Phi) is 3.20. The molecule has 6 nitrogen and oxygen atoms in total. The molecule has 3 aromatic rings. The molecule has 0 unspecified atom stereocenters. The van der Waals surface area contributed by atoms with Crippen molar-refractivity contribution in [1.82, 2.24) is 14.9 Å². The molecule has 3 heterocycles. The lowest BCUT2D eigenvalue weighted by Crippen LogP contribution is -2.41. The van der Waals surface area contributed by atoms with E-state index in [2.05, 4.69) is 21.8 Å². The zero-order chi connectivity index (χ0) is 15.1. The Hall–Kier alpha value is -2.18. The van der Waals surface area contributed by atoms with E-state index in [4.69, 9.17) is 9.15 Å². The Morgan fingerprint density at radius 3 is 3.14 bits per heavy atom. The molecule has 114 valence electrons. The minimum atomic E-state index is -0.225. The molecular formula is C16H17N3O3.